The molecule has 0 radical (unpaired) electrons. The Balaban J connectivity index is 0.000000181. The third-order valence-electron chi connectivity index (χ3n) is 10.3. The third kappa shape index (κ3) is 11.1. The van der Waals surface area contributed by atoms with Crippen LogP contribution in [0.25, 0.3) is 27.4 Å². The van der Waals surface area contributed by atoms with Gasteiger partial charge in [0.05, 0.1) is 43.2 Å². The second-order valence-electron chi connectivity index (χ2n) is 14.4. The molecule has 0 aliphatic carbocycles. The van der Waals surface area contributed by atoms with Gasteiger partial charge in [-0.1, -0.05) is 6.08 Å². The molecule has 4 aromatic heterocycles. The summed E-state index contributed by atoms with van der Waals surface area (Å²) in [5.74, 6) is 3.37. The van der Waals surface area contributed by atoms with E-state index >= 15 is 0 Å². The molecule has 0 spiro atoms. The van der Waals surface area contributed by atoms with Gasteiger partial charge in [0.2, 0.25) is 0 Å². The van der Waals surface area contributed by atoms with Crippen LogP contribution < -0.4 is 20.1 Å². The third-order valence-corrected chi connectivity index (χ3v) is 10.3. The predicted octanol–water partition coefficient (Wildman–Crippen LogP) is 5.93. The lowest BCUT2D eigenvalue weighted by Crippen LogP contribution is -2.24. The lowest BCUT2D eigenvalue weighted by Gasteiger charge is -2.22. The van der Waals surface area contributed by atoms with E-state index in [1.165, 1.54) is 12.7 Å². The Bertz CT molecular complexity index is 2360. The molecule has 2 amide bonds. The van der Waals surface area contributed by atoms with Crippen LogP contribution in [-0.4, -0.2) is 105 Å². The summed E-state index contributed by atoms with van der Waals surface area (Å²) in [5.41, 5.74) is 5.75. The van der Waals surface area contributed by atoms with Crippen molar-refractivity contribution in [3.63, 3.8) is 0 Å². The molecule has 8 rings (SSSR count). The van der Waals surface area contributed by atoms with Gasteiger partial charge in [-0.2, -0.15) is 10.2 Å². The zero-order chi connectivity index (χ0) is 41.5. The summed E-state index contributed by atoms with van der Waals surface area (Å²) >= 11 is 0. The second-order valence-corrected chi connectivity index (χ2v) is 14.4. The van der Waals surface area contributed by atoms with Gasteiger partial charge in [-0.3, -0.25) is 24.8 Å². The van der Waals surface area contributed by atoms with Crippen molar-refractivity contribution >= 4 is 39.2 Å². The number of nitrogens with zero attached hydrogens (tertiary/aromatic N) is 6. The lowest BCUT2D eigenvalue weighted by atomic mass is 9.95. The Kier molecular flexibility index (Phi) is 14.8. The monoisotopic (exact) mass is 816 g/mol. The number of aryl methyl sites for hydroxylation is 2. The standard InChI is InChI=1S/C22H27N5O3.C22H25N5O3/c2*1-2-30-20-13-18(15-7-10-29-11-8-15)26-19-12-16(5-6-17(19)20)22(28)23-9-3-4-21-24-14-25-27-21/h5-6,12-15H,2-4,7-11H2,1H3,(H,23,28)(H,24,25,27);5-7,12-14H,2-4,8-11H2,1H3,(H,23,28)(H,24,25,27). The molecule has 314 valence electrons. The molecule has 2 aliphatic heterocycles. The number of rotatable bonds is 16. The minimum Gasteiger partial charge on any atom is -0.493 e. The Morgan fingerprint density at radius 1 is 0.733 bits per heavy atom. The molecule has 6 aromatic rings. The van der Waals surface area contributed by atoms with E-state index in [0.29, 0.717) is 56.6 Å². The first kappa shape index (κ1) is 41.9. The number of hydrogen-bond donors (Lipinski definition) is 4. The van der Waals surface area contributed by atoms with Crippen LogP contribution >= 0.6 is 0 Å². The fourth-order valence-electron chi connectivity index (χ4n) is 7.19. The van der Waals surface area contributed by atoms with Crippen LogP contribution in [0.15, 0.2) is 67.3 Å². The van der Waals surface area contributed by atoms with Crippen LogP contribution in [0.2, 0.25) is 0 Å². The molecular weight excluding hydrogens is 765 g/mol. The van der Waals surface area contributed by atoms with Crippen LogP contribution in [0.4, 0.5) is 0 Å². The highest BCUT2D eigenvalue weighted by Gasteiger charge is 2.20. The van der Waals surface area contributed by atoms with Crippen LogP contribution in [0.3, 0.4) is 0 Å². The van der Waals surface area contributed by atoms with Gasteiger partial charge in [0.1, 0.15) is 35.8 Å². The van der Waals surface area contributed by atoms with Crippen molar-refractivity contribution in [2.24, 2.45) is 0 Å². The average molecular weight is 817 g/mol. The Hall–Kier alpha value is -6.26. The minimum atomic E-state index is -0.120. The first-order chi connectivity index (χ1) is 29.5. The number of amides is 2. The van der Waals surface area contributed by atoms with Gasteiger partial charge < -0.3 is 29.6 Å². The van der Waals surface area contributed by atoms with Crippen molar-refractivity contribution in [1.29, 1.82) is 0 Å². The molecule has 2 aliphatic rings. The number of carbonyl (C=O) groups excluding carboxylic acids is 2. The summed E-state index contributed by atoms with van der Waals surface area (Å²) in [4.78, 5) is 43.1. The fraction of sp³-hybridized carbons (Fsp3) is 0.409. The smallest absolute Gasteiger partial charge is 0.251 e. The number of fused-ring (bicyclic) bond motifs is 2. The number of benzene rings is 2. The van der Waals surface area contributed by atoms with E-state index < -0.39 is 0 Å². The van der Waals surface area contributed by atoms with E-state index in [1.54, 1.807) is 0 Å². The van der Waals surface area contributed by atoms with E-state index in [9.17, 15) is 9.59 Å². The largest absolute Gasteiger partial charge is 0.493 e. The summed E-state index contributed by atoms with van der Waals surface area (Å²) in [6.07, 6.45) is 10.8. The first-order valence-electron chi connectivity index (χ1n) is 20.7. The number of ether oxygens (including phenoxy) is 4. The molecule has 0 bridgehead atoms. The van der Waals surface area contributed by atoms with Crippen molar-refractivity contribution in [3.8, 4) is 11.5 Å². The Morgan fingerprint density at radius 2 is 1.32 bits per heavy atom. The van der Waals surface area contributed by atoms with E-state index in [1.807, 2.05) is 62.4 Å². The average Bonchev–Trinajstić information content (AvgIpc) is 4.02. The Morgan fingerprint density at radius 3 is 1.85 bits per heavy atom. The van der Waals surface area contributed by atoms with Crippen LogP contribution in [0.5, 0.6) is 11.5 Å². The molecule has 2 aromatic carbocycles. The van der Waals surface area contributed by atoms with E-state index in [2.05, 4.69) is 47.1 Å². The van der Waals surface area contributed by atoms with Crippen LogP contribution in [0.1, 0.15) is 95.6 Å². The maximum absolute atomic E-state index is 12.6. The summed E-state index contributed by atoms with van der Waals surface area (Å²) in [6.45, 7) is 8.99. The van der Waals surface area contributed by atoms with E-state index in [0.717, 1.165) is 120 Å². The number of pyridine rings is 2. The maximum atomic E-state index is 12.6. The van der Waals surface area contributed by atoms with Gasteiger partial charge in [0.15, 0.2) is 0 Å². The van der Waals surface area contributed by atoms with Crippen molar-refractivity contribution in [2.45, 2.75) is 64.7 Å². The summed E-state index contributed by atoms with van der Waals surface area (Å²) < 4.78 is 22.6. The van der Waals surface area contributed by atoms with Crippen LogP contribution in [0, 0.1) is 0 Å². The first-order valence-corrected chi connectivity index (χ1v) is 20.7. The number of carbonyl (C=O) groups is 2. The topological polar surface area (TPSA) is 204 Å². The fourth-order valence-corrected chi connectivity index (χ4v) is 7.19. The van der Waals surface area contributed by atoms with Crippen molar-refractivity contribution in [2.75, 3.05) is 52.7 Å². The van der Waals surface area contributed by atoms with Gasteiger partial charge >= 0.3 is 0 Å². The van der Waals surface area contributed by atoms with Gasteiger partial charge in [-0.25, -0.2) is 15.0 Å². The number of hydrogen-bond acceptors (Lipinski definition) is 12. The predicted molar refractivity (Wildman–Crippen MR) is 226 cm³/mol. The van der Waals surface area contributed by atoms with Crippen molar-refractivity contribution in [1.82, 2.24) is 51.0 Å². The molecule has 1 fully saturated rings. The number of H-pyrrole nitrogens is 2. The highest BCUT2D eigenvalue weighted by Crippen LogP contribution is 2.34. The minimum absolute atomic E-state index is 0.106. The molecule has 6 heterocycles. The molecule has 16 nitrogen and oxygen atoms in total. The molecular formula is C44H52N10O6. The number of aromatic nitrogens is 8. The molecule has 4 N–H and O–H groups in total. The SMILES string of the molecule is CCOc1cc(C2=CCOCC2)nc2cc(C(=O)NCCCc3ncn[nH]3)ccc12.CCOc1cc(C2CCOCC2)nc2cc(C(=O)NCCCc3ncn[nH]3)ccc12. The molecule has 1 saturated heterocycles. The summed E-state index contributed by atoms with van der Waals surface area (Å²) in [7, 11) is 0. The highest BCUT2D eigenvalue weighted by molar-refractivity contribution is 6.00. The van der Waals surface area contributed by atoms with Gasteiger partial charge in [0.25, 0.3) is 11.8 Å². The second kappa shape index (κ2) is 21.1. The molecule has 0 saturated carbocycles. The van der Waals surface area contributed by atoms with Crippen molar-refractivity contribution < 1.29 is 28.5 Å². The summed E-state index contributed by atoms with van der Waals surface area (Å²) in [6, 6.07) is 15.2. The number of nitrogens with one attached hydrogen (secondary N) is 4. The van der Waals surface area contributed by atoms with Crippen LogP contribution in [-0.2, 0) is 22.3 Å². The van der Waals surface area contributed by atoms with Gasteiger partial charge in [0, 0.05) is 84.8 Å². The molecule has 0 unspecified atom stereocenters. The Labute approximate surface area is 348 Å². The molecule has 16 heteroatoms. The van der Waals surface area contributed by atoms with Gasteiger partial charge in [-0.05, 0) is 87.9 Å². The lowest BCUT2D eigenvalue weighted by molar-refractivity contribution is 0.0845. The zero-order valence-corrected chi connectivity index (χ0v) is 34.2. The highest BCUT2D eigenvalue weighted by atomic mass is 16.5. The quantitative estimate of drug-likeness (QED) is 0.0841. The normalized spacial score (nSPS) is 14.3. The van der Waals surface area contributed by atoms with Gasteiger partial charge in [-0.15, -0.1) is 0 Å². The summed E-state index contributed by atoms with van der Waals surface area (Å²) in [5, 5.41) is 21.0. The molecule has 0 atom stereocenters. The van der Waals surface area contributed by atoms with E-state index in [4.69, 9.17) is 28.9 Å². The zero-order valence-electron chi connectivity index (χ0n) is 34.2. The van der Waals surface area contributed by atoms with Crippen molar-refractivity contribution in [3.05, 3.63) is 101 Å². The maximum Gasteiger partial charge on any atom is 0.251 e. The number of aromatic amines is 2. The molecule has 60 heavy (non-hydrogen) atoms. The van der Waals surface area contributed by atoms with E-state index in [-0.39, 0.29) is 11.8 Å².